The van der Waals surface area contributed by atoms with Crippen molar-refractivity contribution in [1.82, 2.24) is 19.7 Å². The van der Waals surface area contributed by atoms with Crippen molar-refractivity contribution in [1.29, 1.82) is 0 Å². The molecular weight excluding hydrogens is 319 g/mol. The van der Waals surface area contributed by atoms with Gasteiger partial charge in [0.25, 0.3) is 0 Å². The highest BCUT2D eigenvalue weighted by atomic mass is 19.1. The summed E-state index contributed by atoms with van der Waals surface area (Å²) in [4.78, 5) is 16.4. The maximum Gasteiger partial charge on any atom is 0.219 e. The summed E-state index contributed by atoms with van der Waals surface area (Å²) in [5.74, 6) is 0.463. The lowest BCUT2D eigenvalue weighted by atomic mass is 9.97. The molecule has 25 heavy (non-hydrogen) atoms. The average Bonchev–Trinajstić information content (AvgIpc) is 3.21. The monoisotopic (exact) mass is 340 g/mol. The number of likely N-dealkylation sites (tertiary alicyclic amines) is 1. The third-order valence-electron chi connectivity index (χ3n) is 5.09. The predicted molar refractivity (Wildman–Crippen MR) is 94.5 cm³/mol. The summed E-state index contributed by atoms with van der Waals surface area (Å²) in [7, 11) is 0. The van der Waals surface area contributed by atoms with E-state index in [2.05, 4.69) is 10.1 Å². The fourth-order valence-electron chi connectivity index (χ4n) is 3.63. The van der Waals surface area contributed by atoms with Gasteiger partial charge in [-0.15, -0.1) is 0 Å². The molecule has 1 aliphatic heterocycles. The SMILES string of the molecule is CC(=O)N1CCC(Cn2cc(-c3c[nH]c4cc(F)ccc34)cn2)CC1. The van der Waals surface area contributed by atoms with Crippen LogP contribution in [0.15, 0.2) is 36.8 Å². The number of aromatic amines is 1. The second-order valence-corrected chi connectivity index (χ2v) is 6.79. The van der Waals surface area contributed by atoms with Crippen LogP contribution in [-0.2, 0) is 11.3 Å². The van der Waals surface area contributed by atoms with Gasteiger partial charge in [0.05, 0.1) is 6.20 Å². The van der Waals surface area contributed by atoms with E-state index in [9.17, 15) is 9.18 Å². The van der Waals surface area contributed by atoms with E-state index in [1.807, 2.05) is 28.2 Å². The molecule has 3 aromatic rings. The zero-order valence-electron chi connectivity index (χ0n) is 14.2. The van der Waals surface area contributed by atoms with Crippen LogP contribution in [-0.4, -0.2) is 38.7 Å². The molecule has 0 spiro atoms. The first-order valence-electron chi connectivity index (χ1n) is 8.65. The molecule has 0 radical (unpaired) electrons. The van der Waals surface area contributed by atoms with E-state index < -0.39 is 0 Å². The topological polar surface area (TPSA) is 53.9 Å². The van der Waals surface area contributed by atoms with Gasteiger partial charge >= 0.3 is 0 Å². The van der Waals surface area contributed by atoms with Crippen molar-refractivity contribution in [2.75, 3.05) is 13.1 Å². The molecule has 1 aromatic carbocycles. The molecule has 0 atom stereocenters. The van der Waals surface area contributed by atoms with Crippen LogP contribution in [0, 0.1) is 11.7 Å². The van der Waals surface area contributed by atoms with Crippen LogP contribution in [0.5, 0.6) is 0 Å². The molecular formula is C19H21FN4O. The third kappa shape index (κ3) is 3.16. The highest BCUT2D eigenvalue weighted by molar-refractivity contribution is 5.95. The third-order valence-corrected chi connectivity index (χ3v) is 5.09. The van der Waals surface area contributed by atoms with Crippen molar-refractivity contribution < 1.29 is 9.18 Å². The number of rotatable bonds is 3. The predicted octanol–water partition coefficient (Wildman–Crippen LogP) is 3.43. The Morgan fingerprint density at radius 1 is 1.36 bits per heavy atom. The lowest BCUT2D eigenvalue weighted by Crippen LogP contribution is -2.38. The number of carbonyl (C=O) groups is 1. The first kappa shape index (κ1) is 15.9. The fourth-order valence-corrected chi connectivity index (χ4v) is 3.63. The Labute approximate surface area is 145 Å². The molecule has 3 heterocycles. The van der Waals surface area contributed by atoms with Crippen LogP contribution in [0.2, 0.25) is 0 Å². The molecule has 5 nitrogen and oxygen atoms in total. The number of amides is 1. The molecule has 6 heteroatoms. The van der Waals surface area contributed by atoms with Crippen LogP contribution in [0.25, 0.3) is 22.0 Å². The van der Waals surface area contributed by atoms with Gasteiger partial charge in [-0.25, -0.2) is 4.39 Å². The number of aromatic nitrogens is 3. The van der Waals surface area contributed by atoms with Gasteiger partial charge in [-0.1, -0.05) is 0 Å². The van der Waals surface area contributed by atoms with Gasteiger partial charge in [-0.2, -0.15) is 5.10 Å². The van der Waals surface area contributed by atoms with Crippen molar-refractivity contribution in [3.05, 3.63) is 42.6 Å². The summed E-state index contributed by atoms with van der Waals surface area (Å²) in [6.45, 7) is 4.17. The number of hydrogen-bond acceptors (Lipinski definition) is 2. The van der Waals surface area contributed by atoms with Crippen molar-refractivity contribution in [3.8, 4) is 11.1 Å². The molecule has 0 bridgehead atoms. The van der Waals surface area contributed by atoms with Crippen LogP contribution < -0.4 is 0 Å². The first-order valence-corrected chi connectivity index (χ1v) is 8.65. The Hall–Kier alpha value is -2.63. The van der Waals surface area contributed by atoms with E-state index >= 15 is 0 Å². The minimum atomic E-state index is -0.242. The van der Waals surface area contributed by atoms with E-state index in [-0.39, 0.29) is 11.7 Å². The van der Waals surface area contributed by atoms with Crippen molar-refractivity contribution in [2.24, 2.45) is 5.92 Å². The summed E-state index contributed by atoms with van der Waals surface area (Å²) in [5.41, 5.74) is 2.85. The van der Waals surface area contributed by atoms with Crippen molar-refractivity contribution >= 4 is 16.8 Å². The molecule has 1 saturated heterocycles. The number of nitrogens with zero attached hydrogens (tertiary/aromatic N) is 3. The van der Waals surface area contributed by atoms with E-state index in [0.29, 0.717) is 5.92 Å². The van der Waals surface area contributed by atoms with Gasteiger partial charge in [-0.3, -0.25) is 9.48 Å². The summed E-state index contributed by atoms with van der Waals surface area (Å²) >= 11 is 0. The number of benzene rings is 1. The van der Waals surface area contributed by atoms with E-state index in [4.69, 9.17) is 0 Å². The molecule has 2 aromatic heterocycles. The molecule has 1 N–H and O–H groups in total. The maximum atomic E-state index is 13.3. The van der Waals surface area contributed by atoms with Crippen molar-refractivity contribution in [3.63, 3.8) is 0 Å². The Morgan fingerprint density at radius 3 is 2.92 bits per heavy atom. The molecule has 1 amide bonds. The van der Waals surface area contributed by atoms with E-state index in [0.717, 1.165) is 54.5 Å². The second kappa shape index (κ2) is 6.35. The molecule has 1 fully saturated rings. The quantitative estimate of drug-likeness (QED) is 0.794. The Kier molecular flexibility index (Phi) is 4.03. The Morgan fingerprint density at radius 2 is 2.16 bits per heavy atom. The number of H-pyrrole nitrogens is 1. The smallest absolute Gasteiger partial charge is 0.219 e. The summed E-state index contributed by atoms with van der Waals surface area (Å²) in [6, 6.07) is 4.78. The average molecular weight is 340 g/mol. The van der Waals surface area contributed by atoms with Gasteiger partial charge in [-0.05, 0) is 37.0 Å². The zero-order chi connectivity index (χ0) is 17.4. The summed E-state index contributed by atoms with van der Waals surface area (Å²) in [6.07, 6.45) is 7.83. The number of fused-ring (bicyclic) bond motifs is 1. The number of hydrogen-bond donors (Lipinski definition) is 1. The highest BCUT2D eigenvalue weighted by Crippen LogP contribution is 2.29. The Bertz CT molecular complexity index is 905. The van der Waals surface area contributed by atoms with Gasteiger partial charge in [0.2, 0.25) is 5.91 Å². The molecule has 0 saturated carbocycles. The minimum Gasteiger partial charge on any atom is -0.360 e. The lowest BCUT2D eigenvalue weighted by Gasteiger charge is -2.31. The largest absolute Gasteiger partial charge is 0.360 e. The summed E-state index contributed by atoms with van der Waals surface area (Å²) in [5, 5.41) is 5.49. The van der Waals surface area contributed by atoms with Crippen LogP contribution in [0.4, 0.5) is 4.39 Å². The first-order chi connectivity index (χ1) is 12.1. The van der Waals surface area contributed by atoms with Crippen LogP contribution >= 0.6 is 0 Å². The Balaban J connectivity index is 1.48. The summed E-state index contributed by atoms with van der Waals surface area (Å²) < 4.78 is 15.3. The number of piperidine rings is 1. The maximum absolute atomic E-state index is 13.3. The molecule has 130 valence electrons. The van der Waals surface area contributed by atoms with E-state index in [1.165, 1.54) is 12.1 Å². The van der Waals surface area contributed by atoms with Crippen LogP contribution in [0.3, 0.4) is 0 Å². The standard InChI is InChI=1S/C19H21FN4O/c1-13(25)23-6-4-14(5-7-23)11-24-12-15(9-22-24)18-10-21-19-8-16(20)2-3-17(18)19/h2-3,8-10,12,14,21H,4-7,11H2,1H3. The van der Waals surface area contributed by atoms with Gasteiger partial charge < -0.3 is 9.88 Å². The molecule has 1 aliphatic rings. The molecule has 0 unspecified atom stereocenters. The number of halogens is 1. The fraction of sp³-hybridized carbons (Fsp3) is 0.368. The lowest BCUT2D eigenvalue weighted by molar-refractivity contribution is -0.130. The number of nitrogens with one attached hydrogen (secondary N) is 1. The van der Waals surface area contributed by atoms with Gasteiger partial charge in [0.15, 0.2) is 0 Å². The minimum absolute atomic E-state index is 0.163. The number of carbonyl (C=O) groups excluding carboxylic acids is 1. The zero-order valence-corrected chi connectivity index (χ0v) is 14.2. The van der Waals surface area contributed by atoms with Gasteiger partial charge in [0.1, 0.15) is 5.82 Å². The molecule has 0 aliphatic carbocycles. The highest BCUT2D eigenvalue weighted by Gasteiger charge is 2.21. The van der Waals surface area contributed by atoms with Crippen molar-refractivity contribution in [2.45, 2.75) is 26.3 Å². The normalized spacial score (nSPS) is 15.8. The van der Waals surface area contributed by atoms with Crippen LogP contribution in [0.1, 0.15) is 19.8 Å². The molecule has 4 rings (SSSR count). The second-order valence-electron chi connectivity index (χ2n) is 6.79. The van der Waals surface area contributed by atoms with E-state index in [1.54, 1.807) is 13.0 Å². The van der Waals surface area contributed by atoms with Gasteiger partial charge in [0, 0.05) is 61.0 Å².